The van der Waals surface area contributed by atoms with Gasteiger partial charge in [-0.15, -0.1) is 11.3 Å². The Bertz CT molecular complexity index is 5860. The maximum atomic E-state index is 11.7. The molecule has 20 nitrogen and oxygen atoms in total. The second-order valence-electron chi connectivity index (χ2n) is 34.9. The SMILES string of the molecule is CC(=O)N1CCc2nc(C(C)C)ccc21.CCC(=O)N1CCc2nc(C(C)C)ccc21.CCOc1cc(C(C)C)ccc1-n1cnc(C)c1.CCc1ncn(-c2ccc(C(C)C)cc2)n1.Cc1cn(-c2ccc(C(C)C)c3c(C)csc23)cn1.Cc1cn(-c2ccc(C(C)C)c3c2CC[Si]3(C)C)cn1.Cc1cn(-c2ccc(C(C)C)c3ncoc23)cn1. The Balaban J connectivity index is 0.000000139. The molecule has 17 rings (SSSR count). The third-order valence-electron chi connectivity index (χ3n) is 22.7. The van der Waals surface area contributed by atoms with Gasteiger partial charge >= 0.3 is 0 Å². The highest BCUT2D eigenvalue weighted by Crippen LogP contribution is 2.39. The summed E-state index contributed by atoms with van der Waals surface area (Å²) in [5.41, 5.74) is 27.8. The molecule has 14 aromatic rings. The Morgan fingerprint density at radius 1 is 0.500 bits per heavy atom. The van der Waals surface area contributed by atoms with Gasteiger partial charge in [0.25, 0.3) is 0 Å². The molecule has 0 unspecified atom stereocenters. The number of hydrogen-bond donors (Lipinski definition) is 0. The number of benzene rings is 5. The van der Waals surface area contributed by atoms with Crippen LogP contribution in [0.2, 0.25) is 19.1 Å². The van der Waals surface area contributed by atoms with Crippen LogP contribution >= 0.6 is 11.3 Å². The molecule has 12 heterocycles. The molecule has 0 N–H and O–H groups in total. The molecular formula is C100H128N16O4SSi. The Labute approximate surface area is 728 Å². The molecule has 2 amide bonds. The van der Waals surface area contributed by atoms with Gasteiger partial charge in [-0.3, -0.25) is 19.6 Å². The number of ether oxygens (including phenoxy) is 1. The van der Waals surface area contributed by atoms with Crippen LogP contribution in [-0.2, 0) is 35.3 Å². The standard InChI is InChI=1S/C17H24N2Si.C16H18N2S.C15H20N2O.C14H15N3O.C13H17N3.C13H18N2O.C12H16N2O/c1-12(2)14-6-7-16(19-10-13(3)18-11-19)15-8-9-20(4,5)17(14)15;1-10(2)13-5-6-14(18-7-12(4)17-9-18)16-15(13)11(3)8-19-16;1-5-18-15-8-13(11(2)3)6-7-14(15)17-9-12(4)16-10-17;1-9(2)11-4-5-12(14-13(11)16-8-18-14)17-6-10(3)15-7-17;1-4-13-14-9-16(15-13)12-7-5-11(6-8-12)10(2)3;1-4-13(16)15-8-7-11-12(15)6-5-10(14-11)9(2)3;1-8(2)10-4-5-12-11(13-10)6-7-14(12)9(3)15/h6-7,10-12H,8-9H2,1-5H3;5-10H,1-4H3;6-11H,5H2,1-4H3;4-9H,1-3H3;5-10H,4H2,1-3H3;5-6,9H,4,7-8H2,1-3H3;4-5,8H,6-7H2,1-3H3. The van der Waals surface area contributed by atoms with E-state index in [1.165, 1.54) is 68.1 Å². The molecule has 0 saturated heterocycles. The van der Waals surface area contributed by atoms with E-state index in [-0.39, 0.29) is 11.8 Å². The first-order valence-electron chi connectivity index (χ1n) is 43.6. The summed E-state index contributed by atoms with van der Waals surface area (Å²) in [6.07, 6.45) is 23.4. The van der Waals surface area contributed by atoms with E-state index < -0.39 is 8.07 Å². The van der Waals surface area contributed by atoms with E-state index in [0.29, 0.717) is 54.5 Å². The maximum absolute atomic E-state index is 11.7. The van der Waals surface area contributed by atoms with Gasteiger partial charge in [0.1, 0.15) is 17.6 Å². The zero-order valence-corrected chi connectivity index (χ0v) is 78.6. The van der Waals surface area contributed by atoms with Gasteiger partial charge in [-0.1, -0.05) is 165 Å². The number of rotatable bonds is 16. The third-order valence-corrected chi connectivity index (χ3v) is 27.3. The lowest BCUT2D eigenvalue weighted by atomic mass is 9.97. The molecular weight excluding hydrogens is 1550 g/mol. The number of nitrogens with zero attached hydrogens (tertiary/aromatic N) is 16. The number of thiophene rings is 1. The van der Waals surface area contributed by atoms with Crippen LogP contribution < -0.4 is 19.7 Å². The maximum Gasteiger partial charge on any atom is 0.226 e. The van der Waals surface area contributed by atoms with Crippen molar-refractivity contribution in [2.45, 2.75) is 252 Å². The van der Waals surface area contributed by atoms with Crippen molar-refractivity contribution in [1.82, 2.24) is 67.9 Å². The lowest BCUT2D eigenvalue weighted by molar-refractivity contribution is -0.118. The quantitative estimate of drug-likeness (QED) is 0.0827. The van der Waals surface area contributed by atoms with Crippen LogP contribution in [0.3, 0.4) is 0 Å². The van der Waals surface area contributed by atoms with Gasteiger partial charge in [-0.2, -0.15) is 5.10 Å². The molecule has 122 heavy (non-hydrogen) atoms. The molecule has 22 heteroatoms. The van der Waals surface area contributed by atoms with Crippen molar-refractivity contribution < 1.29 is 18.7 Å². The molecule has 3 aliphatic rings. The van der Waals surface area contributed by atoms with Gasteiger partial charge in [-0.05, 0) is 206 Å². The van der Waals surface area contributed by atoms with E-state index in [0.717, 1.165) is 129 Å². The van der Waals surface area contributed by atoms with Gasteiger partial charge in [0.05, 0.1) is 113 Å². The van der Waals surface area contributed by atoms with Crippen molar-refractivity contribution in [2.75, 3.05) is 29.5 Å². The number of oxazole rings is 1. The smallest absolute Gasteiger partial charge is 0.226 e. The molecule has 0 saturated carbocycles. The minimum absolute atomic E-state index is 0.104. The Kier molecular flexibility index (Phi) is 30.5. The topological polar surface area (TPSA) is 204 Å². The van der Waals surface area contributed by atoms with E-state index >= 15 is 0 Å². The molecule has 0 spiro atoms. The van der Waals surface area contributed by atoms with Crippen LogP contribution in [0.5, 0.6) is 5.75 Å². The number of pyridine rings is 2. The fourth-order valence-electron chi connectivity index (χ4n) is 15.8. The normalized spacial score (nSPS) is 13.0. The van der Waals surface area contributed by atoms with Crippen molar-refractivity contribution in [1.29, 1.82) is 0 Å². The van der Waals surface area contributed by atoms with Crippen LogP contribution in [0.15, 0.2) is 176 Å². The molecule has 0 radical (unpaired) electrons. The number of amides is 2. The second-order valence-corrected chi connectivity index (χ2v) is 40.5. The fraction of sp³-hybridized carbons (Fsp3) is 0.410. The lowest BCUT2D eigenvalue weighted by Gasteiger charge is -2.24. The Hall–Kier alpha value is -11.2. The summed E-state index contributed by atoms with van der Waals surface area (Å²) in [5.74, 6) is 5.65. The monoisotopic (exact) mass is 1680 g/mol. The van der Waals surface area contributed by atoms with E-state index in [1.807, 2.05) is 120 Å². The molecule has 5 aromatic carbocycles. The number of hydrogen-bond acceptors (Lipinski definition) is 14. The minimum Gasteiger partial charge on any atom is -0.492 e. The van der Waals surface area contributed by atoms with Crippen molar-refractivity contribution in [3.8, 4) is 34.2 Å². The van der Waals surface area contributed by atoms with E-state index in [1.54, 1.807) is 40.8 Å². The third kappa shape index (κ3) is 21.6. The predicted molar refractivity (Wildman–Crippen MR) is 504 cm³/mol. The second kappa shape index (κ2) is 40.6. The Morgan fingerprint density at radius 3 is 1.48 bits per heavy atom. The van der Waals surface area contributed by atoms with Crippen molar-refractivity contribution in [3.63, 3.8) is 0 Å². The van der Waals surface area contributed by atoms with Crippen LogP contribution in [0.1, 0.15) is 263 Å². The molecule has 0 fully saturated rings. The number of carbonyl (C=O) groups is 2. The van der Waals surface area contributed by atoms with Crippen molar-refractivity contribution in [2.24, 2.45) is 0 Å². The molecule has 642 valence electrons. The van der Waals surface area contributed by atoms with Crippen molar-refractivity contribution in [3.05, 3.63) is 262 Å². The number of anilines is 2. The van der Waals surface area contributed by atoms with Crippen LogP contribution in [0, 0.1) is 34.6 Å². The van der Waals surface area contributed by atoms with Crippen LogP contribution in [-0.4, -0.2) is 108 Å². The van der Waals surface area contributed by atoms with Gasteiger partial charge in [0.2, 0.25) is 11.8 Å². The number of fused-ring (bicyclic) bond motifs is 5. The summed E-state index contributed by atoms with van der Waals surface area (Å²) < 4.78 is 22.8. The van der Waals surface area contributed by atoms with Gasteiger partial charge in [-0.25, -0.2) is 34.6 Å². The van der Waals surface area contributed by atoms with E-state index in [2.05, 4.69) is 282 Å². The molecule has 0 bridgehead atoms. The number of aryl methyl sites for hydroxylation is 6. The molecule has 0 aliphatic carbocycles. The first-order chi connectivity index (χ1) is 58.2. The summed E-state index contributed by atoms with van der Waals surface area (Å²) in [5, 5.41) is 9.77. The predicted octanol–water partition coefficient (Wildman–Crippen LogP) is 23.3. The van der Waals surface area contributed by atoms with Crippen LogP contribution in [0.4, 0.5) is 11.4 Å². The summed E-state index contributed by atoms with van der Waals surface area (Å²) >= 11 is 1.83. The number of carbonyl (C=O) groups excluding carboxylic acids is 2. The highest BCUT2D eigenvalue weighted by atomic mass is 32.1. The summed E-state index contributed by atoms with van der Waals surface area (Å²) in [6.45, 7) is 55.8. The highest BCUT2D eigenvalue weighted by molar-refractivity contribution is 7.18. The zero-order chi connectivity index (χ0) is 88.1. The molecule has 3 aliphatic heterocycles. The van der Waals surface area contributed by atoms with Crippen molar-refractivity contribution >= 4 is 69.0 Å². The summed E-state index contributed by atoms with van der Waals surface area (Å²) in [6, 6.07) is 37.6. The fourth-order valence-corrected chi connectivity index (χ4v) is 20.2. The zero-order valence-electron chi connectivity index (χ0n) is 76.8. The van der Waals surface area contributed by atoms with Gasteiger partial charge in [0.15, 0.2) is 17.8 Å². The Morgan fingerprint density at radius 2 is 0.984 bits per heavy atom. The minimum atomic E-state index is -1.26. The first kappa shape index (κ1) is 91.5. The summed E-state index contributed by atoms with van der Waals surface area (Å²) in [7, 11) is -1.26. The first-order valence-corrected chi connectivity index (χ1v) is 47.7. The van der Waals surface area contributed by atoms with E-state index in [9.17, 15) is 9.59 Å². The summed E-state index contributed by atoms with van der Waals surface area (Å²) in [4.78, 5) is 61.7. The molecule has 0 atom stereocenters. The van der Waals surface area contributed by atoms with Gasteiger partial charge in [0, 0.05) is 92.9 Å². The largest absolute Gasteiger partial charge is 0.492 e. The highest BCUT2D eigenvalue weighted by Gasteiger charge is 2.37. The number of aromatic nitrogens is 14. The van der Waals surface area contributed by atoms with Crippen LogP contribution in [0.25, 0.3) is 49.6 Å². The number of imidazole rings is 4. The average Bonchev–Trinajstić information content (AvgIpc) is 1.59. The average molecular weight is 1680 g/mol. The van der Waals surface area contributed by atoms with E-state index in [4.69, 9.17) is 9.15 Å². The molecule has 9 aromatic heterocycles. The lowest BCUT2D eigenvalue weighted by Crippen LogP contribution is -2.40. The van der Waals surface area contributed by atoms with Gasteiger partial charge < -0.3 is 37.2 Å².